The number of aliphatic carboxylic acids is 1. The first-order valence-corrected chi connectivity index (χ1v) is 13.4. The van der Waals surface area contributed by atoms with Crippen LogP contribution in [-0.4, -0.2) is 94.3 Å². The molecule has 2 atom stereocenters. The fourth-order valence-electron chi connectivity index (χ4n) is 4.67. The monoisotopic (exact) mass is 527 g/mol. The lowest BCUT2D eigenvalue weighted by Gasteiger charge is -2.49. The van der Waals surface area contributed by atoms with Crippen molar-refractivity contribution in [3.8, 4) is 0 Å². The third-order valence-corrected chi connectivity index (χ3v) is 8.87. The molecule has 0 unspecified atom stereocenters. The molecule has 4 aliphatic rings. The molecule has 0 aromatic carbocycles. The number of aromatic nitrogens is 4. The first kappa shape index (κ1) is 23.0. The SMILES string of the molecule is O=C(CSc1ncnc2[nH]ncc12)N[C@@H]1C(=O)N2C(C(=O)O)=C(/C=C3\CCN(C4CC4)C3=O)CS[C@H]12. The number of carboxylic acids is 1. The van der Waals surface area contributed by atoms with E-state index in [2.05, 4.69) is 25.5 Å². The molecule has 3 N–H and O–H groups in total. The number of nitrogens with one attached hydrogen (secondary N) is 2. The van der Waals surface area contributed by atoms with Crippen molar-refractivity contribution in [2.75, 3.05) is 18.1 Å². The number of hydrogen-bond acceptors (Lipinski definition) is 9. The standard InChI is InChI=1S/C22H21N7O5S2/c30-14(8-35-18-13-6-25-27-17(13)23-9-24-18)26-15-20(32)29-16(22(33)34)11(7-36-21(15)29)5-10-3-4-28(19(10)31)12-1-2-12/h5-6,9,12,15,21H,1-4,7-8H2,(H,26,30)(H,33,34)(H,23,24,25,27)/b10-5+/t15-,21-/m1/s1. The van der Waals surface area contributed by atoms with Crippen LogP contribution >= 0.6 is 23.5 Å². The van der Waals surface area contributed by atoms with Crippen molar-refractivity contribution in [3.63, 3.8) is 0 Å². The van der Waals surface area contributed by atoms with E-state index in [1.165, 1.54) is 34.8 Å². The minimum atomic E-state index is -1.22. The summed E-state index contributed by atoms with van der Waals surface area (Å²) in [6.45, 7) is 0.649. The summed E-state index contributed by atoms with van der Waals surface area (Å²) in [4.78, 5) is 61.6. The maximum Gasteiger partial charge on any atom is 0.352 e. The number of amides is 3. The van der Waals surface area contributed by atoms with Crippen molar-refractivity contribution < 1.29 is 24.3 Å². The highest BCUT2D eigenvalue weighted by molar-refractivity contribution is 8.00. The highest BCUT2D eigenvalue weighted by Gasteiger charge is 2.54. The van der Waals surface area contributed by atoms with Crippen LogP contribution in [-0.2, 0) is 19.2 Å². The maximum atomic E-state index is 12.9. The van der Waals surface area contributed by atoms with E-state index in [1.54, 1.807) is 12.3 Å². The molecule has 0 spiro atoms. The van der Waals surface area contributed by atoms with E-state index < -0.39 is 23.3 Å². The van der Waals surface area contributed by atoms with Crippen molar-refractivity contribution in [1.29, 1.82) is 0 Å². The number of fused-ring (bicyclic) bond motifs is 2. The van der Waals surface area contributed by atoms with Gasteiger partial charge < -0.3 is 15.3 Å². The van der Waals surface area contributed by atoms with Gasteiger partial charge in [-0.15, -0.1) is 11.8 Å². The number of H-pyrrole nitrogens is 1. The van der Waals surface area contributed by atoms with E-state index in [0.29, 0.717) is 52.0 Å². The number of allylic oxidation sites excluding steroid dienone is 1. The average Bonchev–Trinajstić information content (AvgIpc) is 3.48. The van der Waals surface area contributed by atoms with Crippen LogP contribution in [0.4, 0.5) is 0 Å². The number of β-lactam (4-membered cyclic amide) rings is 1. The Labute approximate surface area is 213 Å². The van der Waals surface area contributed by atoms with Crippen LogP contribution in [0.5, 0.6) is 0 Å². The van der Waals surface area contributed by atoms with E-state index >= 15 is 0 Å². The smallest absolute Gasteiger partial charge is 0.352 e. The third kappa shape index (κ3) is 3.93. The number of thioether (sulfide) groups is 2. The summed E-state index contributed by atoms with van der Waals surface area (Å²) < 4.78 is 0. The lowest BCUT2D eigenvalue weighted by molar-refractivity contribution is -0.150. The van der Waals surface area contributed by atoms with Crippen molar-refractivity contribution in [2.24, 2.45) is 0 Å². The van der Waals surface area contributed by atoms with E-state index in [-0.39, 0.29) is 23.3 Å². The molecule has 14 heteroatoms. The van der Waals surface area contributed by atoms with Gasteiger partial charge in [-0.3, -0.25) is 24.4 Å². The van der Waals surface area contributed by atoms with Crippen molar-refractivity contribution in [2.45, 2.75) is 41.7 Å². The van der Waals surface area contributed by atoms with Crippen molar-refractivity contribution in [1.82, 2.24) is 35.3 Å². The molecule has 0 radical (unpaired) electrons. The molecule has 0 bridgehead atoms. The number of carbonyl (C=O) groups excluding carboxylic acids is 3. The van der Waals surface area contributed by atoms with Crippen LogP contribution in [0.2, 0.25) is 0 Å². The van der Waals surface area contributed by atoms with E-state index in [9.17, 15) is 24.3 Å². The second kappa shape index (κ2) is 8.92. The molecule has 1 saturated carbocycles. The summed E-state index contributed by atoms with van der Waals surface area (Å²) >= 11 is 2.58. The number of nitrogens with zero attached hydrogens (tertiary/aromatic N) is 5. The molecule has 12 nitrogen and oxygen atoms in total. The van der Waals surface area contributed by atoms with Crippen LogP contribution < -0.4 is 5.32 Å². The fourth-order valence-corrected chi connectivity index (χ4v) is 6.76. The highest BCUT2D eigenvalue weighted by atomic mass is 32.2. The van der Waals surface area contributed by atoms with Gasteiger partial charge in [0.2, 0.25) is 11.8 Å². The molecule has 2 aromatic heterocycles. The van der Waals surface area contributed by atoms with Gasteiger partial charge in [-0.1, -0.05) is 11.8 Å². The Morgan fingerprint density at radius 2 is 2.14 bits per heavy atom. The third-order valence-electron chi connectivity index (χ3n) is 6.56. The second-order valence-corrected chi connectivity index (χ2v) is 11.0. The minimum Gasteiger partial charge on any atom is -0.477 e. The molecule has 36 heavy (non-hydrogen) atoms. The summed E-state index contributed by atoms with van der Waals surface area (Å²) in [5, 5.41) is 20.1. The lowest BCUT2D eigenvalue weighted by Crippen LogP contribution is -2.70. The zero-order valence-electron chi connectivity index (χ0n) is 18.8. The summed E-state index contributed by atoms with van der Waals surface area (Å²) in [5.74, 6) is -1.75. The van der Waals surface area contributed by atoms with Gasteiger partial charge in [-0.25, -0.2) is 14.8 Å². The van der Waals surface area contributed by atoms with Gasteiger partial charge in [0.05, 0.1) is 17.3 Å². The topological polar surface area (TPSA) is 161 Å². The van der Waals surface area contributed by atoms with Crippen LogP contribution in [0.1, 0.15) is 19.3 Å². The molecule has 3 amide bonds. The lowest BCUT2D eigenvalue weighted by atomic mass is 10.0. The number of rotatable bonds is 7. The maximum absolute atomic E-state index is 12.9. The predicted molar refractivity (Wildman–Crippen MR) is 130 cm³/mol. The first-order valence-electron chi connectivity index (χ1n) is 11.4. The normalized spacial score (nSPS) is 24.9. The highest BCUT2D eigenvalue weighted by Crippen LogP contribution is 2.42. The van der Waals surface area contributed by atoms with Gasteiger partial charge in [0.25, 0.3) is 5.91 Å². The minimum absolute atomic E-state index is 0.0248. The molecule has 2 aromatic rings. The van der Waals surface area contributed by atoms with E-state index in [4.69, 9.17) is 0 Å². The quantitative estimate of drug-likeness (QED) is 0.200. The van der Waals surface area contributed by atoms with Crippen LogP contribution in [0, 0.1) is 0 Å². The van der Waals surface area contributed by atoms with E-state index in [1.807, 2.05) is 4.90 Å². The average molecular weight is 528 g/mol. The van der Waals surface area contributed by atoms with Crippen LogP contribution in [0.15, 0.2) is 40.5 Å². The zero-order chi connectivity index (χ0) is 25.0. The molecule has 2 saturated heterocycles. The van der Waals surface area contributed by atoms with Gasteiger partial charge in [0, 0.05) is 23.9 Å². The largest absolute Gasteiger partial charge is 0.477 e. The molecule has 186 valence electrons. The molecular weight excluding hydrogens is 506 g/mol. The Balaban J connectivity index is 1.13. The van der Waals surface area contributed by atoms with E-state index in [0.717, 1.165) is 12.8 Å². The van der Waals surface area contributed by atoms with Gasteiger partial charge in [0.15, 0.2) is 5.65 Å². The Morgan fingerprint density at radius 3 is 2.92 bits per heavy atom. The summed E-state index contributed by atoms with van der Waals surface area (Å²) in [5.41, 5.74) is 1.49. The summed E-state index contributed by atoms with van der Waals surface area (Å²) in [6.07, 6.45) is 7.20. The van der Waals surface area contributed by atoms with Crippen molar-refractivity contribution >= 4 is 58.2 Å². The number of carboxylic acid groups (broad SMARTS) is 1. The zero-order valence-corrected chi connectivity index (χ0v) is 20.5. The summed E-state index contributed by atoms with van der Waals surface area (Å²) in [7, 11) is 0. The summed E-state index contributed by atoms with van der Waals surface area (Å²) in [6, 6.07) is -0.509. The number of carbonyl (C=O) groups is 4. The molecule has 3 fully saturated rings. The van der Waals surface area contributed by atoms with Gasteiger partial charge >= 0.3 is 5.97 Å². The van der Waals surface area contributed by atoms with Gasteiger partial charge in [0.1, 0.15) is 28.5 Å². The molecule has 5 heterocycles. The van der Waals surface area contributed by atoms with Crippen LogP contribution in [0.25, 0.3) is 11.0 Å². The van der Waals surface area contributed by atoms with Crippen LogP contribution in [0.3, 0.4) is 0 Å². The molecule has 3 aliphatic heterocycles. The first-order chi connectivity index (χ1) is 17.4. The Morgan fingerprint density at radius 1 is 1.31 bits per heavy atom. The number of aromatic amines is 1. The van der Waals surface area contributed by atoms with Gasteiger partial charge in [-0.05, 0) is 30.9 Å². The molecular formula is C22H21N7O5S2. The Kier molecular flexibility index (Phi) is 5.71. The van der Waals surface area contributed by atoms with Gasteiger partial charge in [-0.2, -0.15) is 5.10 Å². The van der Waals surface area contributed by atoms with Crippen molar-refractivity contribution in [3.05, 3.63) is 35.4 Å². The number of likely N-dealkylation sites (tertiary alicyclic amines) is 1. The Bertz CT molecular complexity index is 1370. The predicted octanol–water partition coefficient (Wildman–Crippen LogP) is 0.505. The second-order valence-electron chi connectivity index (χ2n) is 8.88. The molecule has 6 rings (SSSR count). The molecule has 1 aliphatic carbocycles. The number of hydrogen-bond donors (Lipinski definition) is 3. The Hall–Kier alpha value is -3.39. The fraction of sp³-hybridized carbons (Fsp3) is 0.409.